The number of hydrogen-bond donors (Lipinski definition) is 1. The van der Waals surface area contributed by atoms with E-state index in [1.807, 2.05) is 0 Å². The Bertz CT molecular complexity index is 462. The van der Waals surface area contributed by atoms with Gasteiger partial charge in [-0.1, -0.05) is 0 Å². The van der Waals surface area contributed by atoms with Gasteiger partial charge in [-0.2, -0.15) is 15.4 Å². The fourth-order valence-electron chi connectivity index (χ4n) is 1.24. The third-order valence-electron chi connectivity index (χ3n) is 2.11. The zero-order valence-electron chi connectivity index (χ0n) is 8.80. The third kappa shape index (κ3) is 2.44. The Balaban J connectivity index is 1.98. The summed E-state index contributed by atoms with van der Waals surface area (Å²) < 4.78 is 5.45. The van der Waals surface area contributed by atoms with E-state index in [0.717, 1.165) is 5.69 Å². The molecule has 82 valence electrons. The van der Waals surface area contributed by atoms with Gasteiger partial charge in [-0.05, 0) is 31.2 Å². The Labute approximate surface area is 92.4 Å². The molecule has 0 spiro atoms. The van der Waals surface area contributed by atoms with Crippen LogP contribution in [0.5, 0.6) is 5.75 Å². The van der Waals surface area contributed by atoms with Gasteiger partial charge in [-0.3, -0.25) is 4.79 Å². The van der Waals surface area contributed by atoms with Gasteiger partial charge >= 0.3 is 0 Å². The van der Waals surface area contributed by atoms with Crippen molar-refractivity contribution in [1.82, 2.24) is 15.4 Å². The van der Waals surface area contributed by atoms with E-state index in [1.165, 1.54) is 6.92 Å². The molecule has 0 atom stereocenters. The molecule has 1 aromatic carbocycles. The summed E-state index contributed by atoms with van der Waals surface area (Å²) >= 11 is 0. The minimum Gasteiger partial charge on any atom is -0.487 e. The van der Waals surface area contributed by atoms with E-state index in [2.05, 4.69) is 15.4 Å². The summed E-state index contributed by atoms with van der Waals surface area (Å²) in [5.74, 6) is 0.746. The molecule has 0 fully saturated rings. The summed E-state index contributed by atoms with van der Waals surface area (Å²) in [4.78, 5) is 11.0. The van der Waals surface area contributed by atoms with Gasteiger partial charge < -0.3 is 4.74 Å². The van der Waals surface area contributed by atoms with Gasteiger partial charge in [0.1, 0.15) is 18.1 Å². The Hall–Kier alpha value is -2.17. The maximum Gasteiger partial charge on any atom is 0.159 e. The first-order chi connectivity index (χ1) is 7.75. The summed E-state index contributed by atoms with van der Waals surface area (Å²) in [5, 5.41) is 10.0. The molecular weight excluding hydrogens is 206 g/mol. The van der Waals surface area contributed by atoms with Crippen molar-refractivity contribution in [2.45, 2.75) is 13.5 Å². The lowest BCUT2D eigenvalue weighted by Gasteiger charge is -2.03. The number of aromatic nitrogens is 3. The van der Waals surface area contributed by atoms with Crippen LogP contribution in [0.15, 0.2) is 30.5 Å². The monoisotopic (exact) mass is 217 g/mol. The first-order valence-corrected chi connectivity index (χ1v) is 4.84. The molecule has 0 saturated heterocycles. The molecule has 2 rings (SSSR count). The third-order valence-corrected chi connectivity index (χ3v) is 2.11. The molecule has 0 aliphatic heterocycles. The summed E-state index contributed by atoms with van der Waals surface area (Å²) in [6.45, 7) is 1.89. The zero-order chi connectivity index (χ0) is 11.4. The van der Waals surface area contributed by atoms with E-state index in [-0.39, 0.29) is 5.78 Å². The average molecular weight is 217 g/mol. The van der Waals surface area contributed by atoms with E-state index in [0.29, 0.717) is 17.9 Å². The zero-order valence-corrected chi connectivity index (χ0v) is 8.80. The summed E-state index contributed by atoms with van der Waals surface area (Å²) in [5.41, 5.74) is 1.41. The molecule has 0 aliphatic rings. The predicted molar refractivity (Wildman–Crippen MR) is 57.2 cm³/mol. The Morgan fingerprint density at radius 2 is 2.12 bits per heavy atom. The van der Waals surface area contributed by atoms with E-state index in [9.17, 15) is 4.79 Å². The van der Waals surface area contributed by atoms with Crippen molar-refractivity contribution in [3.8, 4) is 5.75 Å². The molecule has 0 bridgehead atoms. The van der Waals surface area contributed by atoms with Gasteiger partial charge in [0.15, 0.2) is 5.78 Å². The fraction of sp³-hybridized carbons (Fsp3) is 0.182. The van der Waals surface area contributed by atoms with Crippen LogP contribution in [-0.4, -0.2) is 21.2 Å². The molecule has 5 nitrogen and oxygen atoms in total. The fourth-order valence-corrected chi connectivity index (χ4v) is 1.24. The van der Waals surface area contributed by atoms with Crippen LogP contribution < -0.4 is 4.74 Å². The Morgan fingerprint density at radius 3 is 2.69 bits per heavy atom. The maximum atomic E-state index is 11.0. The van der Waals surface area contributed by atoms with Gasteiger partial charge in [-0.25, -0.2) is 0 Å². The Morgan fingerprint density at radius 1 is 1.38 bits per heavy atom. The predicted octanol–water partition coefficient (Wildman–Crippen LogP) is 1.59. The van der Waals surface area contributed by atoms with Crippen LogP contribution in [0.4, 0.5) is 0 Å². The van der Waals surface area contributed by atoms with Crippen molar-refractivity contribution in [2.24, 2.45) is 0 Å². The number of rotatable bonds is 4. The second-order valence-corrected chi connectivity index (χ2v) is 3.33. The molecular formula is C11H11N3O2. The molecule has 2 aromatic rings. The molecule has 0 radical (unpaired) electrons. The lowest BCUT2D eigenvalue weighted by molar-refractivity contribution is 0.101. The largest absolute Gasteiger partial charge is 0.487 e. The number of aromatic amines is 1. The molecule has 1 aromatic heterocycles. The molecule has 5 heteroatoms. The number of ketones is 1. The second-order valence-electron chi connectivity index (χ2n) is 3.33. The molecule has 1 heterocycles. The number of hydrogen-bond acceptors (Lipinski definition) is 4. The Kier molecular flexibility index (Phi) is 2.95. The number of carbonyl (C=O) groups excluding carboxylic acids is 1. The topological polar surface area (TPSA) is 67.9 Å². The van der Waals surface area contributed by atoms with Gasteiger partial charge in [-0.15, -0.1) is 0 Å². The van der Waals surface area contributed by atoms with E-state index < -0.39 is 0 Å². The minimum atomic E-state index is 0.0445. The van der Waals surface area contributed by atoms with Crippen molar-refractivity contribution in [3.05, 3.63) is 41.7 Å². The molecule has 0 aliphatic carbocycles. The van der Waals surface area contributed by atoms with Gasteiger partial charge in [0.25, 0.3) is 0 Å². The second kappa shape index (κ2) is 4.57. The first kappa shape index (κ1) is 10.4. The molecule has 16 heavy (non-hydrogen) atoms. The highest BCUT2D eigenvalue weighted by Gasteiger charge is 2.01. The summed E-state index contributed by atoms with van der Waals surface area (Å²) in [6, 6.07) is 6.99. The highest BCUT2D eigenvalue weighted by Crippen LogP contribution is 2.13. The highest BCUT2D eigenvalue weighted by molar-refractivity contribution is 5.94. The summed E-state index contributed by atoms with van der Waals surface area (Å²) in [7, 11) is 0. The molecule has 0 saturated carbocycles. The lowest BCUT2D eigenvalue weighted by atomic mass is 10.1. The number of ether oxygens (including phenoxy) is 1. The average Bonchev–Trinajstić information content (AvgIpc) is 2.80. The van der Waals surface area contributed by atoms with Crippen LogP contribution in [-0.2, 0) is 6.61 Å². The van der Waals surface area contributed by atoms with Crippen molar-refractivity contribution in [3.63, 3.8) is 0 Å². The van der Waals surface area contributed by atoms with Crippen molar-refractivity contribution < 1.29 is 9.53 Å². The molecule has 0 amide bonds. The quantitative estimate of drug-likeness (QED) is 0.789. The lowest BCUT2D eigenvalue weighted by Crippen LogP contribution is -1.97. The van der Waals surface area contributed by atoms with Crippen LogP contribution in [0, 0.1) is 0 Å². The van der Waals surface area contributed by atoms with Crippen LogP contribution in [0.3, 0.4) is 0 Å². The van der Waals surface area contributed by atoms with E-state index in [4.69, 9.17) is 4.74 Å². The number of carbonyl (C=O) groups is 1. The first-order valence-electron chi connectivity index (χ1n) is 4.84. The van der Waals surface area contributed by atoms with Gasteiger partial charge in [0.05, 0.1) is 6.20 Å². The van der Waals surface area contributed by atoms with Gasteiger partial charge in [0.2, 0.25) is 0 Å². The van der Waals surface area contributed by atoms with Gasteiger partial charge in [0, 0.05) is 5.56 Å². The normalized spacial score (nSPS) is 10.1. The van der Waals surface area contributed by atoms with Crippen LogP contribution in [0.1, 0.15) is 23.0 Å². The SMILES string of the molecule is CC(=O)c1ccc(OCc2cn[nH]n2)cc1. The number of H-pyrrole nitrogens is 1. The number of benzene rings is 1. The standard InChI is InChI=1S/C11H11N3O2/c1-8(15)9-2-4-11(5-3-9)16-7-10-6-12-14-13-10/h2-6H,7H2,1H3,(H,12,13,14). The molecule has 1 N–H and O–H groups in total. The maximum absolute atomic E-state index is 11.0. The van der Waals surface area contributed by atoms with Crippen molar-refractivity contribution in [1.29, 1.82) is 0 Å². The van der Waals surface area contributed by atoms with Crippen LogP contribution >= 0.6 is 0 Å². The van der Waals surface area contributed by atoms with Crippen molar-refractivity contribution >= 4 is 5.78 Å². The van der Waals surface area contributed by atoms with E-state index in [1.54, 1.807) is 30.5 Å². The number of nitrogens with zero attached hydrogens (tertiary/aromatic N) is 2. The summed E-state index contributed by atoms with van der Waals surface area (Å²) in [6.07, 6.45) is 1.60. The minimum absolute atomic E-state index is 0.0445. The van der Waals surface area contributed by atoms with E-state index >= 15 is 0 Å². The smallest absolute Gasteiger partial charge is 0.159 e. The number of Topliss-reactive ketones (excluding diaryl/α,β-unsaturated/α-hetero) is 1. The van der Waals surface area contributed by atoms with Crippen LogP contribution in [0.25, 0.3) is 0 Å². The highest BCUT2D eigenvalue weighted by atomic mass is 16.5. The van der Waals surface area contributed by atoms with Crippen molar-refractivity contribution in [2.75, 3.05) is 0 Å². The molecule has 0 unspecified atom stereocenters. The van der Waals surface area contributed by atoms with Crippen LogP contribution in [0.2, 0.25) is 0 Å². The number of nitrogens with one attached hydrogen (secondary N) is 1.